The van der Waals surface area contributed by atoms with Crippen LogP contribution in [0.4, 0.5) is 36.6 Å². The van der Waals surface area contributed by atoms with Gasteiger partial charge in [-0.3, -0.25) is 4.79 Å². The van der Waals surface area contributed by atoms with E-state index in [4.69, 9.17) is 0 Å². The molecule has 2 atom stereocenters. The van der Waals surface area contributed by atoms with Gasteiger partial charge in [0.1, 0.15) is 17.6 Å². The Hall–Kier alpha value is -2.97. The van der Waals surface area contributed by atoms with Crippen LogP contribution in [0.15, 0.2) is 12.3 Å². The standard InChI is InChI=1S/C20H19F7N4O3S/c1-3-11(20(25,26)27)29-12-4-9(15(21)22)10(6-28-12)14-13(30-16(35-14)18(33)34)17(32)31-7-19(23,24)5-8(31)2/h4,6,8,11,15H,3,5,7H2,1-2H3,(H,28,29)(H,33,34)/t8-,11-/m0/s1. The second kappa shape index (κ2) is 9.59. The molecule has 2 aromatic rings. The number of nitrogens with one attached hydrogen (secondary N) is 1. The molecule has 2 aromatic heterocycles. The van der Waals surface area contributed by atoms with Gasteiger partial charge in [-0.15, -0.1) is 11.3 Å². The van der Waals surface area contributed by atoms with Crippen molar-refractivity contribution in [2.75, 3.05) is 11.9 Å². The topological polar surface area (TPSA) is 95.4 Å². The molecule has 0 spiro atoms. The van der Waals surface area contributed by atoms with Gasteiger partial charge in [-0.25, -0.2) is 32.3 Å². The molecule has 1 aliphatic rings. The third-order valence-electron chi connectivity index (χ3n) is 5.34. The van der Waals surface area contributed by atoms with E-state index >= 15 is 0 Å². The predicted molar refractivity (Wildman–Crippen MR) is 111 cm³/mol. The number of thiazole rings is 1. The lowest BCUT2D eigenvalue weighted by molar-refractivity contribution is -0.142. The Morgan fingerprint density at radius 3 is 2.49 bits per heavy atom. The number of anilines is 1. The predicted octanol–water partition coefficient (Wildman–Crippen LogP) is 5.46. The molecule has 3 rings (SSSR count). The molecular formula is C20H19F7N4O3S. The van der Waals surface area contributed by atoms with Crippen LogP contribution in [0.2, 0.25) is 0 Å². The summed E-state index contributed by atoms with van der Waals surface area (Å²) in [5.41, 5.74) is -1.92. The zero-order valence-corrected chi connectivity index (χ0v) is 19.0. The van der Waals surface area contributed by atoms with E-state index in [1.807, 2.05) is 5.32 Å². The van der Waals surface area contributed by atoms with Gasteiger partial charge in [-0.2, -0.15) is 13.2 Å². The molecule has 0 unspecified atom stereocenters. The highest BCUT2D eigenvalue weighted by Crippen LogP contribution is 2.40. The van der Waals surface area contributed by atoms with E-state index in [2.05, 4.69) is 9.97 Å². The third kappa shape index (κ3) is 5.65. The molecule has 2 N–H and O–H groups in total. The zero-order chi connectivity index (χ0) is 26.3. The van der Waals surface area contributed by atoms with Crippen molar-refractivity contribution in [1.82, 2.24) is 14.9 Å². The number of hydrogen-bond donors (Lipinski definition) is 2. The number of amides is 1. The maximum Gasteiger partial charge on any atom is 0.408 e. The van der Waals surface area contributed by atoms with E-state index in [9.17, 15) is 45.4 Å². The Morgan fingerprint density at radius 2 is 2.00 bits per heavy atom. The first-order valence-corrected chi connectivity index (χ1v) is 11.0. The Balaban J connectivity index is 2.08. The van der Waals surface area contributed by atoms with Gasteiger partial charge in [-0.05, 0) is 19.4 Å². The van der Waals surface area contributed by atoms with Gasteiger partial charge in [0.25, 0.3) is 18.3 Å². The maximum absolute atomic E-state index is 13.9. The van der Waals surface area contributed by atoms with Crippen LogP contribution in [-0.4, -0.2) is 62.6 Å². The highest BCUT2D eigenvalue weighted by molar-refractivity contribution is 7.17. The lowest BCUT2D eigenvalue weighted by atomic mass is 10.1. The monoisotopic (exact) mass is 528 g/mol. The summed E-state index contributed by atoms with van der Waals surface area (Å²) in [6.45, 7) is 1.62. The number of carbonyl (C=O) groups is 2. The highest BCUT2D eigenvalue weighted by atomic mass is 32.1. The van der Waals surface area contributed by atoms with Gasteiger partial charge in [0.2, 0.25) is 5.01 Å². The number of alkyl halides is 7. The number of rotatable bonds is 7. The Bertz CT molecular complexity index is 1120. The third-order valence-corrected chi connectivity index (χ3v) is 6.42. The van der Waals surface area contributed by atoms with Gasteiger partial charge < -0.3 is 15.3 Å². The molecule has 1 fully saturated rings. The summed E-state index contributed by atoms with van der Waals surface area (Å²) in [5, 5.41) is 10.7. The first kappa shape index (κ1) is 26.6. The van der Waals surface area contributed by atoms with E-state index in [-0.39, 0.29) is 4.88 Å². The smallest absolute Gasteiger partial charge is 0.408 e. The molecule has 0 radical (unpaired) electrons. The van der Waals surface area contributed by atoms with E-state index < -0.39 is 89.5 Å². The van der Waals surface area contributed by atoms with Crippen LogP contribution in [-0.2, 0) is 0 Å². The van der Waals surface area contributed by atoms with Crippen LogP contribution >= 0.6 is 11.3 Å². The second-order valence-corrected chi connectivity index (χ2v) is 8.95. The minimum Gasteiger partial charge on any atom is -0.476 e. The van der Waals surface area contributed by atoms with Crippen molar-refractivity contribution in [3.8, 4) is 10.4 Å². The fourth-order valence-electron chi connectivity index (χ4n) is 3.67. The molecule has 0 aromatic carbocycles. The molecule has 1 aliphatic heterocycles. The molecule has 1 saturated heterocycles. The van der Waals surface area contributed by atoms with Crippen molar-refractivity contribution in [1.29, 1.82) is 0 Å². The molecule has 192 valence electrons. The van der Waals surface area contributed by atoms with Gasteiger partial charge in [0.15, 0.2) is 0 Å². The Labute approximate surface area is 198 Å². The largest absolute Gasteiger partial charge is 0.476 e. The number of aromatic carboxylic acids is 1. The minimum atomic E-state index is -4.68. The van der Waals surface area contributed by atoms with Gasteiger partial charge in [0.05, 0.1) is 11.4 Å². The molecule has 7 nitrogen and oxygen atoms in total. The Morgan fingerprint density at radius 1 is 1.34 bits per heavy atom. The summed E-state index contributed by atoms with van der Waals surface area (Å²) >= 11 is 0.350. The van der Waals surface area contributed by atoms with Crippen molar-refractivity contribution in [3.63, 3.8) is 0 Å². The number of likely N-dealkylation sites (tertiary alicyclic amines) is 1. The van der Waals surface area contributed by atoms with E-state index in [0.29, 0.717) is 17.4 Å². The second-order valence-electron chi connectivity index (χ2n) is 7.95. The SMILES string of the molecule is CC[C@H](Nc1cc(C(F)F)c(-c2sc(C(=O)O)nc2C(=O)N2CC(F)(F)C[C@@H]2C)cn1)C(F)(F)F. The minimum absolute atomic E-state index is 0.350. The quantitative estimate of drug-likeness (QED) is 0.464. The summed E-state index contributed by atoms with van der Waals surface area (Å²) in [4.78, 5) is 32.3. The van der Waals surface area contributed by atoms with Crippen LogP contribution < -0.4 is 5.32 Å². The normalized spacial score (nSPS) is 18.7. The fraction of sp³-hybridized carbons (Fsp3) is 0.500. The van der Waals surface area contributed by atoms with Crippen molar-refractivity contribution in [2.24, 2.45) is 0 Å². The summed E-state index contributed by atoms with van der Waals surface area (Å²) < 4.78 is 94.6. The maximum atomic E-state index is 13.9. The van der Waals surface area contributed by atoms with E-state index in [1.165, 1.54) is 13.8 Å². The van der Waals surface area contributed by atoms with Gasteiger partial charge in [-0.1, -0.05) is 6.92 Å². The number of nitrogens with zero attached hydrogens (tertiary/aromatic N) is 3. The van der Waals surface area contributed by atoms with Crippen LogP contribution in [0.5, 0.6) is 0 Å². The number of carboxylic acid groups (broad SMARTS) is 1. The Kier molecular flexibility index (Phi) is 7.29. The van der Waals surface area contributed by atoms with Crippen molar-refractivity contribution >= 4 is 29.0 Å². The first-order valence-electron chi connectivity index (χ1n) is 10.2. The number of hydrogen-bond acceptors (Lipinski definition) is 6. The van der Waals surface area contributed by atoms with Crippen molar-refractivity contribution < 1.29 is 45.4 Å². The molecule has 3 heterocycles. The average Bonchev–Trinajstić information content (AvgIpc) is 3.30. The van der Waals surface area contributed by atoms with Crippen molar-refractivity contribution in [2.45, 2.75) is 57.3 Å². The lowest BCUT2D eigenvalue weighted by Crippen LogP contribution is -2.36. The van der Waals surface area contributed by atoms with E-state index in [1.54, 1.807) is 0 Å². The van der Waals surface area contributed by atoms with E-state index in [0.717, 1.165) is 11.1 Å². The lowest BCUT2D eigenvalue weighted by Gasteiger charge is -2.22. The van der Waals surface area contributed by atoms with Crippen LogP contribution in [0, 0.1) is 0 Å². The number of carboxylic acids is 1. The summed E-state index contributed by atoms with van der Waals surface area (Å²) in [6, 6.07) is -2.34. The molecule has 15 heteroatoms. The number of pyridine rings is 1. The first-order chi connectivity index (χ1) is 16.1. The van der Waals surface area contributed by atoms with Gasteiger partial charge >= 0.3 is 12.1 Å². The summed E-state index contributed by atoms with van der Waals surface area (Å²) in [5.74, 6) is -6.38. The number of aromatic nitrogens is 2. The molecule has 1 amide bonds. The van der Waals surface area contributed by atoms with Gasteiger partial charge in [0, 0.05) is 29.8 Å². The summed E-state index contributed by atoms with van der Waals surface area (Å²) in [6.07, 6.45) is -8.22. The van der Waals surface area contributed by atoms with Crippen LogP contribution in [0.3, 0.4) is 0 Å². The molecular weight excluding hydrogens is 509 g/mol. The number of carbonyl (C=O) groups excluding carboxylic acids is 1. The van der Waals surface area contributed by atoms with Crippen molar-refractivity contribution in [3.05, 3.63) is 28.5 Å². The summed E-state index contributed by atoms with van der Waals surface area (Å²) in [7, 11) is 0. The molecule has 35 heavy (non-hydrogen) atoms. The molecule has 0 aliphatic carbocycles. The molecule has 0 saturated carbocycles. The van der Waals surface area contributed by atoms with Crippen LogP contribution in [0.25, 0.3) is 10.4 Å². The fourth-order valence-corrected chi connectivity index (χ4v) is 4.60. The van der Waals surface area contributed by atoms with Crippen LogP contribution in [0.1, 0.15) is 59.0 Å². The average molecular weight is 528 g/mol. The number of halogens is 7. The highest BCUT2D eigenvalue weighted by Gasteiger charge is 2.46. The zero-order valence-electron chi connectivity index (χ0n) is 18.2. The molecule has 0 bridgehead atoms.